The molecule has 4 rings (SSSR count). The van der Waals surface area contributed by atoms with E-state index in [-0.39, 0.29) is 0 Å². The largest absolute Gasteiger partial charge is 0.497 e. The number of amidine groups is 1. The highest BCUT2D eigenvalue weighted by atomic mass is 79.9. The van der Waals surface area contributed by atoms with E-state index in [9.17, 15) is 0 Å². The van der Waals surface area contributed by atoms with Crippen molar-refractivity contribution in [3.63, 3.8) is 0 Å². The Kier molecular flexibility index (Phi) is 5.08. The minimum Gasteiger partial charge on any atom is -0.497 e. The van der Waals surface area contributed by atoms with E-state index in [1.54, 1.807) is 26.6 Å². The number of rotatable bonds is 4. The number of nitrogens with zero attached hydrogens (tertiary/aromatic N) is 3. The summed E-state index contributed by atoms with van der Waals surface area (Å²) >= 11 is 3.54. The fraction of sp³-hybridized carbons (Fsp3) is 0.0952. The normalized spacial score (nSPS) is 12.8. The number of nitrogens with one attached hydrogen (secondary N) is 1. The maximum Gasteiger partial charge on any atom is 0.154 e. The number of hydrazone groups is 1. The molecule has 3 aromatic rings. The van der Waals surface area contributed by atoms with E-state index in [1.807, 2.05) is 48.5 Å². The zero-order valence-corrected chi connectivity index (χ0v) is 16.9. The molecule has 0 radical (unpaired) electrons. The van der Waals surface area contributed by atoms with Gasteiger partial charge in [-0.1, -0.05) is 15.9 Å². The lowest BCUT2D eigenvalue weighted by Gasteiger charge is -2.10. The first-order chi connectivity index (χ1) is 13.7. The second kappa shape index (κ2) is 7.82. The minimum atomic E-state index is 0.602. The van der Waals surface area contributed by atoms with Crippen molar-refractivity contribution in [2.75, 3.05) is 14.2 Å². The predicted octanol–water partition coefficient (Wildman–Crippen LogP) is 4.30. The molecule has 1 aromatic heterocycles. The molecule has 2 aromatic carbocycles. The van der Waals surface area contributed by atoms with Gasteiger partial charge in [-0.2, -0.15) is 5.10 Å². The molecule has 28 heavy (non-hydrogen) atoms. The molecule has 140 valence electrons. The summed E-state index contributed by atoms with van der Waals surface area (Å²) in [4.78, 5) is 8.92. The first-order valence-electron chi connectivity index (χ1n) is 8.54. The fourth-order valence-corrected chi connectivity index (χ4v) is 3.27. The topological polar surface area (TPSA) is 68.1 Å². The van der Waals surface area contributed by atoms with E-state index >= 15 is 0 Å². The summed E-state index contributed by atoms with van der Waals surface area (Å²) in [5.41, 5.74) is 7.37. The fourth-order valence-electron chi connectivity index (χ4n) is 2.91. The Hall–Kier alpha value is -3.19. The molecule has 0 saturated carbocycles. The van der Waals surface area contributed by atoms with Gasteiger partial charge in [0.05, 0.1) is 19.9 Å². The Bertz CT molecular complexity index is 1060. The van der Waals surface area contributed by atoms with E-state index in [2.05, 4.69) is 31.4 Å². The van der Waals surface area contributed by atoms with Crippen molar-refractivity contribution < 1.29 is 9.47 Å². The minimum absolute atomic E-state index is 0.602. The summed E-state index contributed by atoms with van der Waals surface area (Å²) in [6, 6.07) is 15.4. The maximum absolute atomic E-state index is 5.38. The van der Waals surface area contributed by atoms with E-state index in [4.69, 9.17) is 14.5 Å². The molecule has 0 bridgehead atoms. The van der Waals surface area contributed by atoms with Crippen molar-refractivity contribution in [3.05, 3.63) is 82.1 Å². The maximum atomic E-state index is 5.38. The van der Waals surface area contributed by atoms with Crippen molar-refractivity contribution in [1.29, 1.82) is 0 Å². The first-order valence-corrected chi connectivity index (χ1v) is 9.33. The van der Waals surface area contributed by atoms with E-state index in [0.29, 0.717) is 17.3 Å². The molecule has 6 nitrogen and oxygen atoms in total. The summed E-state index contributed by atoms with van der Waals surface area (Å²) in [5, 5.41) is 4.65. The molecule has 0 amide bonds. The van der Waals surface area contributed by atoms with Crippen LogP contribution in [0.15, 0.2) is 75.5 Å². The van der Waals surface area contributed by atoms with E-state index in [0.717, 1.165) is 32.6 Å². The summed E-state index contributed by atoms with van der Waals surface area (Å²) in [6.07, 6.45) is 3.49. The van der Waals surface area contributed by atoms with Crippen LogP contribution >= 0.6 is 15.9 Å². The first kappa shape index (κ1) is 18.2. The zero-order chi connectivity index (χ0) is 19.5. The third-order valence-corrected chi connectivity index (χ3v) is 4.79. The van der Waals surface area contributed by atoms with Crippen molar-refractivity contribution in [2.45, 2.75) is 0 Å². The lowest BCUT2D eigenvalue weighted by Crippen LogP contribution is -2.20. The Labute approximate surface area is 171 Å². The third kappa shape index (κ3) is 3.61. The van der Waals surface area contributed by atoms with Gasteiger partial charge in [0, 0.05) is 39.6 Å². The molecule has 1 N–H and O–H groups in total. The SMILES string of the molecule is COc1cc(OC)cc(C2=Nc3ccc(Br)cc3C(c3ccncc3)=NN2)c1. The molecule has 0 saturated heterocycles. The van der Waals surface area contributed by atoms with Crippen molar-refractivity contribution in [2.24, 2.45) is 10.1 Å². The number of methoxy groups -OCH3 is 2. The monoisotopic (exact) mass is 436 g/mol. The molecule has 0 spiro atoms. The molecule has 1 aliphatic heterocycles. The Morgan fingerprint density at radius 1 is 0.857 bits per heavy atom. The average molecular weight is 437 g/mol. The van der Waals surface area contributed by atoms with Crippen molar-refractivity contribution in [3.8, 4) is 11.5 Å². The van der Waals surface area contributed by atoms with Gasteiger partial charge >= 0.3 is 0 Å². The number of hydrogen-bond acceptors (Lipinski definition) is 6. The van der Waals surface area contributed by atoms with Gasteiger partial charge in [0.1, 0.15) is 17.2 Å². The number of aromatic nitrogens is 1. The lowest BCUT2D eigenvalue weighted by molar-refractivity contribution is 0.394. The number of benzene rings is 2. The van der Waals surface area contributed by atoms with Crippen LogP contribution in [0.5, 0.6) is 11.5 Å². The van der Waals surface area contributed by atoms with Crippen LogP contribution in [0.3, 0.4) is 0 Å². The van der Waals surface area contributed by atoms with Gasteiger partial charge in [-0.05, 0) is 42.5 Å². The molecule has 0 aliphatic carbocycles. The van der Waals surface area contributed by atoms with Gasteiger partial charge in [0.15, 0.2) is 5.84 Å². The number of halogens is 1. The van der Waals surface area contributed by atoms with E-state index in [1.165, 1.54) is 0 Å². The van der Waals surface area contributed by atoms with Gasteiger partial charge in [0.25, 0.3) is 0 Å². The van der Waals surface area contributed by atoms with Gasteiger partial charge in [0.2, 0.25) is 0 Å². The smallest absolute Gasteiger partial charge is 0.154 e. The van der Waals surface area contributed by atoms with Gasteiger partial charge in [-0.15, -0.1) is 0 Å². The van der Waals surface area contributed by atoms with Crippen molar-refractivity contribution in [1.82, 2.24) is 10.4 Å². The molecule has 1 aliphatic rings. The Balaban J connectivity index is 1.87. The summed E-state index contributed by atoms with van der Waals surface area (Å²) in [7, 11) is 3.24. The molecular weight excluding hydrogens is 420 g/mol. The molecule has 7 heteroatoms. The summed E-state index contributed by atoms with van der Waals surface area (Å²) in [5.74, 6) is 1.96. The van der Waals surface area contributed by atoms with Crippen LogP contribution < -0.4 is 14.9 Å². The molecular formula is C21H17BrN4O2. The Morgan fingerprint density at radius 3 is 2.25 bits per heavy atom. The van der Waals surface area contributed by atoms with Gasteiger partial charge in [-0.3, -0.25) is 10.4 Å². The van der Waals surface area contributed by atoms with Crippen molar-refractivity contribution >= 4 is 33.2 Å². The Morgan fingerprint density at radius 2 is 1.57 bits per heavy atom. The highest BCUT2D eigenvalue weighted by molar-refractivity contribution is 9.10. The molecule has 0 fully saturated rings. The van der Waals surface area contributed by atoms with Crippen LogP contribution in [0.2, 0.25) is 0 Å². The van der Waals surface area contributed by atoms with Crippen LogP contribution in [-0.4, -0.2) is 30.8 Å². The second-order valence-electron chi connectivity index (χ2n) is 6.03. The van der Waals surface area contributed by atoms with Gasteiger partial charge in [-0.25, -0.2) is 4.99 Å². The highest BCUT2D eigenvalue weighted by Gasteiger charge is 2.18. The lowest BCUT2D eigenvalue weighted by atomic mass is 10.0. The van der Waals surface area contributed by atoms with Gasteiger partial charge < -0.3 is 9.47 Å². The molecule has 0 unspecified atom stereocenters. The number of hydrogen-bond donors (Lipinski definition) is 1. The number of aliphatic imine (C=N–C) groups is 1. The standard InChI is InChI=1S/C21H17BrN4O2/c1-27-16-9-14(10-17(12-16)28-2)21-24-19-4-3-15(22)11-18(19)20(25-26-21)13-5-7-23-8-6-13/h3-12H,1-2H3,(H,24,26). The zero-order valence-electron chi connectivity index (χ0n) is 15.3. The van der Waals surface area contributed by atoms with Crippen LogP contribution in [0.1, 0.15) is 16.7 Å². The summed E-state index contributed by atoms with van der Waals surface area (Å²) in [6.45, 7) is 0. The van der Waals surface area contributed by atoms with Crippen LogP contribution in [0.4, 0.5) is 5.69 Å². The number of fused-ring (bicyclic) bond motifs is 1. The van der Waals surface area contributed by atoms with E-state index < -0.39 is 0 Å². The summed E-state index contributed by atoms with van der Waals surface area (Å²) < 4.78 is 11.7. The highest BCUT2D eigenvalue weighted by Crippen LogP contribution is 2.30. The molecule has 0 atom stereocenters. The number of pyridine rings is 1. The molecule has 2 heterocycles. The van der Waals surface area contributed by atoms with Crippen LogP contribution in [-0.2, 0) is 0 Å². The number of ether oxygens (including phenoxy) is 2. The third-order valence-electron chi connectivity index (χ3n) is 4.30. The van der Waals surface area contributed by atoms with Crippen LogP contribution in [0.25, 0.3) is 0 Å². The predicted molar refractivity (Wildman–Crippen MR) is 113 cm³/mol. The van der Waals surface area contributed by atoms with Crippen LogP contribution in [0, 0.1) is 0 Å². The average Bonchev–Trinajstić information content (AvgIpc) is 2.93. The second-order valence-corrected chi connectivity index (χ2v) is 6.95. The quantitative estimate of drug-likeness (QED) is 0.661.